The fourth-order valence-corrected chi connectivity index (χ4v) is 1.33. The molecule has 0 fully saturated rings. The van der Waals surface area contributed by atoms with Gasteiger partial charge in [0.25, 0.3) is 0 Å². The van der Waals surface area contributed by atoms with Crippen LogP contribution in [0.5, 0.6) is 0 Å². The van der Waals surface area contributed by atoms with Gasteiger partial charge in [0.05, 0.1) is 11.6 Å². The number of pyridine rings is 1. The molecule has 0 spiro atoms. The minimum Gasteiger partial charge on any atom is -0.394 e. The van der Waals surface area contributed by atoms with Crippen LogP contribution in [-0.2, 0) is 6.54 Å². The van der Waals surface area contributed by atoms with Crippen LogP contribution < -0.4 is 5.32 Å². The second-order valence-corrected chi connectivity index (χ2v) is 4.30. The smallest absolute Gasteiger partial charge is 0.0634 e. The van der Waals surface area contributed by atoms with Crippen LogP contribution >= 0.6 is 11.6 Å². The first-order valence-electron chi connectivity index (χ1n) is 5.05. The molecule has 1 heterocycles. The molecule has 0 aliphatic rings. The molecule has 0 aliphatic heterocycles. The van der Waals surface area contributed by atoms with Crippen molar-refractivity contribution in [1.82, 2.24) is 10.3 Å². The Labute approximate surface area is 95.5 Å². The molecule has 0 saturated heterocycles. The van der Waals surface area contributed by atoms with E-state index in [0.717, 1.165) is 12.0 Å². The zero-order valence-electron chi connectivity index (χ0n) is 9.13. The number of hydrogen-bond acceptors (Lipinski definition) is 3. The summed E-state index contributed by atoms with van der Waals surface area (Å²) in [6, 6.07) is 1.88. The van der Waals surface area contributed by atoms with E-state index in [4.69, 9.17) is 11.6 Å². The zero-order chi connectivity index (χ0) is 11.3. The van der Waals surface area contributed by atoms with Crippen LogP contribution in [0.15, 0.2) is 18.5 Å². The van der Waals surface area contributed by atoms with Crippen molar-refractivity contribution in [1.29, 1.82) is 0 Å². The lowest BCUT2D eigenvalue weighted by molar-refractivity contribution is 0.169. The molecule has 1 unspecified atom stereocenters. The van der Waals surface area contributed by atoms with E-state index < -0.39 is 0 Å². The van der Waals surface area contributed by atoms with Crippen molar-refractivity contribution >= 4 is 11.6 Å². The molecular weight excluding hydrogens is 212 g/mol. The number of halogens is 1. The standard InChI is InChI=1S/C11H17ClN2O/c1-3-11(2,8-15)14-6-9-4-5-13-7-10(9)12/h4-5,7,14-15H,3,6,8H2,1-2H3. The number of nitrogens with zero attached hydrogens (tertiary/aromatic N) is 1. The predicted octanol–water partition coefficient (Wildman–Crippen LogP) is 1.99. The van der Waals surface area contributed by atoms with Crippen molar-refractivity contribution in [2.45, 2.75) is 32.4 Å². The van der Waals surface area contributed by atoms with Crippen molar-refractivity contribution in [3.63, 3.8) is 0 Å². The maximum Gasteiger partial charge on any atom is 0.0634 e. The summed E-state index contributed by atoms with van der Waals surface area (Å²) < 4.78 is 0. The van der Waals surface area contributed by atoms with Crippen LogP contribution in [0.3, 0.4) is 0 Å². The van der Waals surface area contributed by atoms with Gasteiger partial charge >= 0.3 is 0 Å². The number of hydrogen-bond donors (Lipinski definition) is 2. The topological polar surface area (TPSA) is 45.1 Å². The van der Waals surface area contributed by atoms with Gasteiger partial charge in [-0.3, -0.25) is 4.98 Å². The second-order valence-electron chi connectivity index (χ2n) is 3.89. The Balaban J connectivity index is 2.61. The molecule has 1 rings (SSSR count). The molecule has 0 aromatic carbocycles. The van der Waals surface area contributed by atoms with Crippen molar-refractivity contribution in [2.24, 2.45) is 0 Å². The summed E-state index contributed by atoms with van der Waals surface area (Å²) in [6.07, 6.45) is 4.21. The van der Waals surface area contributed by atoms with E-state index >= 15 is 0 Å². The summed E-state index contributed by atoms with van der Waals surface area (Å²) in [6.45, 7) is 4.79. The third-order valence-corrected chi connectivity index (χ3v) is 3.03. The van der Waals surface area contributed by atoms with E-state index in [-0.39, 0.29) is 12.1 Å². The van der Waals surface area contributed by atoms with Crippen molar-refractivity contribution in [2.75, 3.05) is 6.61 Å². The monoisotopic (exact) mass is 228 g/mol. The first-order valence-corrected chi connectivity index (χ1v) is 5.43. The first-order chi connectivity index (χ1) is 7.11. The molecule has 0 bridgehead atoms. The fraction of sp³-hybridized carbons (Fsp3) is 0.545. The molecule has 2 N–H and O–H groups in total. The number of rotatable bonds is 5. The van der Waals surface area contributed by atoms with Gasteiger partial charge in [-0.1, -0.05) is 18.5 Å². The van der Waals surface area contributed by atoms with Gasteiger partial charge in [0.15, 0.2) is 0 Å². The average molecular weight is 229 g/mol. The summed E-state index contributed by atoms with van der Waals surface area (Å²) in [5.41, 5.74) is 0.756. The lowest BCUT2D eigenvalue weighted by atomic mass is 10.00. The zero-order valence-corrected chi connectivity index (χ0v) is 9.88. The van der Waals surface area contributed by atoms with Gasteiger partial charge in [0, 0.05) is 24.5 Å². The Kier molecular flexibility index (Phi) is 4.51. The first kappa shape index (κ1) is 12.4. The van der Waals surface area contributed by atoms with E-state index in [2.05, 4.69) is 10.3 Å². The van der Waals surface area contributed by atoms with Crippen molar-refractivity contribution in [3.8, 4) is 0 Å². The molecule has 0 radical (unpaired) electrons. The van der Waals surface area contributed by atoms with Crippen LogP contribution in [0.2, 0.25) is 5.02 Å². The summed E-state index contributed by atoms with van der Waals surface area (Å²) in [7, 11) is 0. The highest BCUT2D eigenvalue weighted by Gasteiger charge is 2.19. The van der Waals surface area contributed by atoms with Crippen molar-refractivity contribution in [3.05, 3.63) is 29.0 Å². The SMILES string of the molecule is CCC(C)(CO)NCc1ccncc1Cl. The van der Waals surface area contributed by atoms with Gasteiger partial charge in [-0.15, -0.1) is 0 Å². The lowest BCUT2D eigenvalue weighted by Crippen LogP contribution is -2.44. The Morgan fingerprint density at radius 3 is 2.87 bits per heavy atom. The molecule has 4 heteroatoms. The number of aliphatic hydroxyl groups excluding tert-OH is 1. The Bertz CT molecular complexity index is 313. The highest BCUT2D eigenvalue weighted by molar-refractivity contribution is 6.31. The van der Waals surface area contributed by atoms with E-state index in [1.54, 1.807) is 12.4 Å². The average Bonchev–Trinajstić information content (AvgIpc) is 2.28. The Morgan fingerprint density at radius 1 is 1.60 bits per heavy atom. The third-order valence-electron chi connectivity index (χ3n) is 2.69. The maximum absolute atomic E-state index is 9.22. The number of aromatic nitrogens is 1. The van der Waals surface area contributed by atoms with E-state index in [9.17, 15) is 5.11 Å². The summed E-state index contributed by atoms with van der Waals surface area (Å²) in [4.78, 5) is 3.92. The number of nitrogens with one attached hydrogen (secondary N) is 1. The van der Waals surface area contributed by atoms with E-state index in [1.807, 2.05) is 19.9 Å². The minimum atomic E-state index is -0.243. The summed E-state index contributed by atoms with van der Waals surface area (Å²) in [5.74, 6) is 0. The molecular formula is C11H17ClN2O. The van der Waals surface area contributed by atoms with E-state index in [0.29, 0.717) is 11.6 Å². The minimum absolute atomic E-state index is 0.117. The maximum atomic E-state index is 9.22. The molecule has 15 heavy (non-hydrogen) atoms. The van der Waals surface area contributed by atoms with E-state index in [1.165, 1.54) is 0 Å². The normalized spacial score (nSPS) is 14.9. The van der Waals surface area contributed by atoms with Gasteiger partial charge in [-0.25, -0.2) is 0 Å². The van der Waals surface area contributed by atoms with Crippen LogP contribution in [0, 0.1) is 0 Å². The Morgan fingerprint density at radius 2 is 2.33 bits per heavy atom. The quantitative estimate of drug-likeness (QED) is 0.810. The molecule has 0 aliphatic carbocycles. The summed E-state index contributed by atoms with van der Waals surface area (Å²) >= 11 is 5.97. The van der Waals surface area contributed by atoms with Crippen molar-refractivity contribution < 1.29 is 5.11 Å². The van der Waals surface area contributed by atoms with Crippen LogP contribution in [0.4, 0.5) is 0 Å². The molecule has 1 aromatic rings. The lowest BCUT2D eigenvalue weighted by Gasteiger charge is -2.27. The van der Waals surface area contributed by atoms with Gasteiger partial charge in [-0.05, 0) is 25.0 Å². The van der Waals surface area contributed by atoms with Crippen LogP contribution in [0.1, 0.15) is 25.8 Å². The molecule has 0 amide bonds. The highest BCUT2D eigenvalue weighted by Crippen LogP contribution is 2.15. The Hall–Kier alpha value is -0.640. The van der Waals surface area contributed by atoms with Gasteiger partial charge in [-0.2, -0.15) is 0 Å². The molecule has 3 nitrogen and oxygen atoms in total. The molecule has 0 saturated carbocycles. The fourth-order valence-electron chi connectivity index (χ4n) is 1.15. The molecule has 1 aromatic heterocycles. The van der Waals surface area contributed by atoms with Gasteiger partial charge in [0.2, 0.25) is 0 Å². The highest BCUT2D eigenvalue weighted by atomic mass is 35.5. The van der Waals surface area contributed by atoms with Crippen LogP contribution in [-0.4, -0.2) is 22.2 Å². The third kappa shape index (κ3) is 3.45. The predicted molar refractivity (Wildman–Crippen MR) is 61.9 cm³/mol. The van der Waals surface area contributed by atoms with Gasteiger partial charge in [0.1, 0.15) is 0 Å². The summed E-state index contributed by atoms with van der Waals surface area (Å²) in [5, 5.41) is 13.2. The largest absolute Gasteiger partial charge is 0.394 e. The molecule has 84 valence electrons. The van der Waals surface area contributed by atoms with Crippen LogP contribution in [0.25, 0.3) is 0 Å². The number of aliphatic hydroxyl groups is 1. The molecule has 1 atom stereocenters. The van der Waals surface area contributed by atoms with Gasteiger partial charge < -0.3 is 10.4 Å². The second kappa shape index (κ2) is 5.45.